The molecule has 36 heavy (non-hydrogen) atoms. The Hall–Kier alpha value is -3.43. The third-order valence-corrected chi connectivity index (χ3v) is 5.99. The summed E-state index contributed by atoms with van der Waals surface area (Å²) in [6.45, 7) is 3.42. The van der Waals surface area contributed by atoms with E-state index in [0.717, 1.165) is 42.9 Å². The number of nitrogens with one attached hydrogen (secondary N) is 1. The molecule has 0 saturated carbocycles. The van der Waals surface area contributed by atoms with Crippen molar-refractivity contribution in [3.05, 3.63) is 83.4 Å². The van der Waals surface area contributed by atoms with Crippen molar-refractivity contribution >= 4 is 0 Å². The third-order valence-electron chi connectivity index (χ3n) is 5.99. The van der Waals surface area contributed by atoms with Crippen LogP contribution in [0.2, 0.25) is 0 Å². The normalized spacial score (nSPS) is 15.2. The lowest BCUT2D eigenvalue weighted by molar-refractivity contribution is -0.274. The lowest BCUT2D eigenvalue weighted by atomic mass is 9.94. The van der Waals surface area contributed by atoms with Crippen LogP contribution >= 0.6 is 0 Å². The number of methoxy groups -OCH3 is 2. The Bertz CT molecular complexity index is 1120. The van der Waals surface area contributed by atoms with Crippen LogP contribution in [0.5, 0.6) is 23.0 Å². The summed E-state index contributed by atoms with van der Waals surface area (Å²) in [6, 6.07) is 19.2. The van der Waals surface area contributed by atoms with Crippen LogP contribution in [0.4, 0.5) is 13.2 Å². The Balaban J connectivity index is 1.76. The monoisotopic (exact) mass is 502 g/mol. The number of halogens is 3. The highest BCUT2D eigenvalue weighted by Gasteiger charge is 2.32. The molecule has 1 aliphatic rings. The number of nitrogens with zero attached hydrogens (tertiary/aromatic N) is 1. The molecule has 0 spiro atoms. The minimum absolute atomic E-state index is 0.266. The van der Waals surface area contributed by atoms with Gasteiger partial charge < -0.3 is 24.3 Å². The molecule has 4 rings (SSSR count). The Labute approximate surface area is 208 Å². The second kappa shape index (κ2) is 11.5. The number of ether oxygens (including phenoxy) is 4. The van der Waals surface area contributed by atoms with Crippen LogP contribution in [0, 0.1) is 0 Å². The van der Waals surface area contributed by atoms with Gasteiger partial charge in [-0.05, 0) is 29.3 Å². The SMILES string of the molecule is COc1cc(OCc2ccccc2)c([C@@H](c2ccc(OC(F)(F)F)cc2)N2CCNCC2)cc1OC. The number of hydrogen-bond donors (Lipinski definition) is 1. The predicted molar refractivity (Wildman–Crippen MR) is 130 cm³/mol. The van der Waals surface area contributed by atoms with Crippen LogP contribution in [0.3, 0.4) is 0 Å². The van der Waals surface area contributed by atoms with E-state index in [-0.39, 0.29) is 11.8 Å². The van der Waals surface area contributed by atoms with E-state index in [1.165, 1.54) is 12.1 Å². The van der Waals surface area contributed by atoms with Gasteiger partial charge in [0.05, 0.1) is 20.3 Å². The van der Waals surface area contributed by atoms with Crippen molar-refractivity contribution in [2.45, 2.75) is 19.0 Å². The Morgan fingerprint density at radius 3 is 2.11 bits per heavy atom. The molecule has 6 nitrogen and oxygen atoms in total. The maximum atomic E-state index is 12.7. The smallest absolute Gasteiger partial charge is 0.493 e. The highest BCUT2D eigenvalue weighted by Crippen LogP contribution is 2.42. The minimum atomic E-state index is -4.75. The molecule has 0 aliphatic carbocycles. The van der Waals surface area contributed by atoms with Crippen LogP contribution in [0.1, 0.15) is 22.7 Å². The first-order chi connectivity index (χ1) is 17.4. The van der Waals surface area contributed by atoms with Gasteiger partial charge in [0, 0.05) is 37.8 Å². The summed E-state index contributed by atoms with van der Waals surface area (Å²) >= 11 is 0. The van der Waals surface area contributed by atoms with E-state index in [2.05, 4.69) is 15.0 Å². The standard InChI is InChI=1S/C27H29F3N2O4/c1-33-24-16-22(23(17-25(24)34-2)35-18-19-6-4-3-5-7-19)26(32-14-12-31-13-15-32)20-8-10-21(11-9-20)36-27(28,29)30/h3-11,16-17,26,31H,12-15,18H2,1-2H3/t26-/m1/s1. The molecular weight excluding hydrogens is 473 g/mol. The van der Waals surface area contributed by atoms with E-state index in [9.17, 15) is 13.2 Å². The summed E-state index contributed by atoms with van der Waals surface area (Å²) < 4.78 is 59.6. The first-order valence-corrected chi connectivity index (χ1v) is 11.6. The number of piperazine rings is 1. The van der Waals surface area contributed by atoms with Crippen LogP contribution < -0.4 is 24.3 Å². The highest BCUT2D eigenvalue weighted by molar-refractivity contribution is 5.54. The molecule has 3 aromatic carbocycles. The van der Waals surface area contributed by atoms with Crippen molar-refractivity contribution in [2.24, 2.45) is 0 Å². The van der Waals surface area contributed by atoms with Gasteiger partial charge in [0.2, 0.25) is 0 Å². The Morgan fingerprint density at radius 2 is 1.50 bits per heavy atom. The summed E-state index contributed by atoms with van der Waals surface area (Å²) in [5.41, 5.74) is 2.64. The van der Waals surface area contributed by atoms with Crippen molar-refractivity contribution in [1.29, 1.82) is 0 Å². The molecule has 1 saturated heterocycles. The second-order valence-corrected chi connectivity index (χ2v) is 8.32. The first-order valence-electron chi connectivity index (χ1n) is 11.6. The molecule has 9 heteroatoms. The highest BCUT2D eigenvalue weighted by atomic mass is 19.4. The Kier molecular flexibility index (Phi) is 8.22. The molecular formula is C27H29F3N2O4. The van der Waals surface area contributed by atoms with Crippen molar-refractivity contribution < 1.29 is 32.1 Å². The molecule has 0 radical (unpaired) electrons. The maximum absolute atomic E-state index is 12.7. The van der Waals surface area contributed by atoms with Gasteiger partial charge in [0.25, 0.3) is 0 Å². The molecule has 1 atom stereocenters. The molecule has 0 amide bonds. The van der Waals surface area contributed by atoms with Gasteiger partial charge >= 0.3 is 6.36 Å². The van der Waals surface area contributed by atoms with E-state index >= 15 is 0 Å². The topological polar surface area (TPSA) is 52.2 Å². The van der Waals surface area contributed by atoms with Crippen molar-refractivity contribution in [3.8, 4) is 23.0 Å². The van der Waals surface area contributed by atoms with Crippen LogP contribution in [-0.2, 0) is 6.61 Å². The largest absolute Gasteiger partial charge is 0.573 e. The Morgan fingerprint density at radius 1 is 0.861 bits per heavy atom. The van der Waals surface area contributed by atoms with Gasteiger partial charge in [-0.1, -0.05) is 42.5 Å². The fourth-order valence-corrected chi connectivity index (χ4v) is 4.33. The van der Waals surface area contributed by atoms with E-state index in [4.69, 9.17) is 14.2 Å². The summed E-state index contributed by atoms with van der Waals surface area (Å²) in [5, 5.41) is 3.35. The van der Waals surface area contributed by atoms with Gasteiger partial charge in [0.15, 0.2) is 11.5 Å². The third kappa shape index (κ3) is 6.41. The second-order valence-electron chi connectivity index (χ2n) is 8.32. The minimum Gasteiger partial charge on any atom is -0.493 e. The summed E-state index contributed by atoms with van der Waals surface area (Å²) in [4.78, 5) is 2.27. The van der Waals surface area contributed by atoms with Gasteiger partial charge in [-0.3, -0.25) is 4.90 Å². The fourth-order valence-electron chi connectivity index (χ4n) is 4.33. The number of hydrogen-bond acceptors (Lipinski definition) is 6. The molecule has 3 aromatic rings. The zero-order valence-electron chi connectivity index (χ0n) is 20.2. The van der Waals surface area contributed by atoms with E-state index in [0.29, 0.717) is 23.9 Å². The lowest BCUT2D eigenvalue weighted by Crippen LogP contribution is -2.45. The predicted octanol–water partition coefficient (Wildman–Crippen LogP) is 5.18. The lowest BCUT2D eigenvalue weighted by Gasteiger charge is -2.36. The molecule has 1 heterocycles. The first kappa shape index (κ1) is 25.7. The zero-order chi connectivity index (χ0) is 25.5. The van der Waals surface area contributed by atoms with Gasteiger partial charge in [0.1, 0.15) is 18.1 Å². The molecule has 1 N–H and O–H groups in total. The van der Waals surface area contributed by atoms with Crippen LogP contribution in [0.25, 0.3) is 0 Å². The average Bonchev–Trinajstić information content (AvgIpc) is 2.89. The molecule has 1 fully saturated rings. The summed E-state index contributed by atoms with van der Waals surface area (Å²) in [6.07, 6.45) is -4.75. The number of benzene rings is 3. The van der Waals surface area contributed by atoms with Gasteiger partial charge in [-0.25, -0.2) is 0 Å². The van der Waals surface area contributed by atoms with Gasteiger partial charge in [-0.15, -0.1) is 13.2 Å². The molecule has 192 valence electrons. The van der Waals surface area contributed by atoms with E-state index in [1.54, 1.807) is 32.4 Å². The van der Waals surface area contributed by atoms with Crippen molar-refractivity contribution in [3.63, 3.8) is 0 Å². The summed E-state index contributed by atoms with van der Waals surface area (Å²) in [7, 11) is 3.13. The maximum Gasteiger partial charge on any atom is 0.573 e. The number of alkyl halides is 3. The molecule has 0 unspecified atom stereocenters. The van der Waals surface area contributed by atoms with Crippen LogP contribution in [0.15, 0.2) is 66.7 Å². The van der Waals surface area contributed by atoms with E-state index < -0.39 is 6.36 Å². The average molecular weight is 503 g/mol. The van der Waals surface area contributed by atoms with E-state index in [1.807, 2.05) is 36.4 Å². The zero-order valence-corrected chi connectivity index (χ0v) is 20.2. The molecule has 0 bridgehead atoms. The molecule has 0 aromatic heterocycles. The fraction of sp³-hybridized carbons (Fsp3) is 0.333. The quantitative estimate of drug-likeness (QED) is 0.436. The van der Waals surface area contributed by atoms with Gasteiger partial charge in [-0.2, -0.15) is 0 Å². The van der Waals surface area contributed by atoms with Crippen molar-refractivity contribution in [2.75, 3.05) is 40.4 Å². The summed E-state index contributed by atoms with van der Waals surface area (Å²) in [5.74, 6) is 1.41. The van der Waals surface area contributed by atoms with Crippen molar-refractivity contribution in [1.82, 2.24) is 10.2 Å². The van der Waals surface area contributed by atoms with Crippen LogP contribution in [-0.4, -0.2) is 51.7 Å². The molecule has 1 aliphatic heterocycles. The number of rotatable bonds is 9.